The van der Waals surface area contributed by atoms with Crippen molar-refractivity contribution in [1.29, 1.82) is 0 Å². The molecule has 0 bridgehead atoms. The van der Waals surface area contributed by atoms with Crippen molar-refractivity contribution in [3.63, 3.8) is 0 Å². The van der Waals surface area contributed by atoms with Crippen LogP contribution in [0.1, 0.15) is 47.6 Å². The van der Waals surface area contributed by atoms with Gasteiger partial charge in [-0.1, -0.05) is 172 Å². The zero-order chi connectivity index (χ0) is 38.5. The quantitative estimate of drug-likeness (QED) is 0.175. The molecule has 274 valence electrons. The molecule has 12 rings (SSSR count). The van der Waals surface area contributed by atoms with Gasteiger partial charge in [-0.2, -0.15) is 0 Å². The maximum absolute atomic E-state index is 6.77. The highest BCUT2D eigenvalue weighted by atomic mass is 16.3. The smallest absolute Gasteiger partial charge is 0.143 e. The molecule has 1 spiro atoms. The number of benzene rings is 9. The van der Waals surface area contributed by atoms with Gasteiger partial charge < -0.3 is 9.32 Å². The number of furan rings is 1. The molecular weight excluding hydrogens is 703 g/mol. The Hall–Kier alpha value is -7.16. The van der Waals surface area contributed by atoms with E-state index in [0.717, 1.165) is 44.4 Å². The second-order valence-electron chi connectivity index (χ2n) is 16.2. The molecule has 2 heteroatoms. The van der Waals surface area contributed by atoms with Crippen molar-refractivity contribution in [2.45, 2.75) is 25.2 Å². The Morgan fingerprint density at radius 2 is 1.00 bits per heavy atom. The van der Waals surface area contributed by atoms with Crippen LogP contribution in [0.2, 0.25) is 0 Å². The van der Waals surface area contributed by atoms with E-state index in [1.165, 1.54) is 66.6 Å². The largest absolute Gasteiger partial charge is 0.455 e. The van der Waals surface area contributed by atoms with Gasteiger partial charge in [0.25, 0.3) is 0 Å². The molecule has 0 N–H and O–H groups in total. The minimum atomic E-state index is -0.399. The molecule has 0 aliphatic heterocycles. The minimum absolute atomic E-state index is 0.341. The fraction of sp³-hybridized carbons (Fsp3) is 0.0714. The summed E-state index contributed by atoms with van der Waals surface area (Å²) in [5.41, 5.74) is 19.0. The van der Waals surface area contributed by atoms with Gasteiger partial charge in [0.1, 0.15) is 11.2 Å². The second-order valence-corrected chi connectivity index (χ2v) is 16.2. The van der Waals surface area contributed by atoms with Crippen molar-refractivity contribution in [1.82, 2.24) is 0 Å². The summed E-state index contributed by atoms with van der Waals surface area (Å²) in [5.74, 6) is 0.341. The summed E-state index contributed by atoms with van der Waals surface area (Å²) in [7, 11) is 0. The Morgan fingerprint density at radius 3 is 1.71 bits per heavy atom. The van der Waals surface area contributed by atoms with Crippen molar-refractivity contribution >= 4 is 49.8 Å². The molecule has 0 radical (unpaired) electrons. The van der Waals surface area contributed by atoms with Crippen LogP contribution < -0.4 is 4.90 Å². The Balaban J connectivity index is 1.17. The highest BCUT2D eigenvalue weighted by Gasteiger charge is 2.51. The lowest BCUT2D eigenvalue weighted by Gasteiger charge is -2.31. The van der Waals surface area contributed by atoms with Crippen molar-refractivity contribution in [3.05, 3.63) is 222 Å². The van der Waals surface area contributed by atoms with E-state index in [1.54, 1.807) is 0 Å². The lowest BCUT2D eigenvalue weighted by Crippen LogP contribution is -2.25. The van der Waals surface area contributed by atoms with Crippen LogP contribution >= 0.6 is 0 Å². The number of hydrogen-bond donors (Lipinski definition) is 0. The van der Waals surface area contributed by atoms with Crippen LogP contribution in [0.5, 0.6) is 0 Å². The van der Waals surface area contributed by atoms with E-state index in [-0.39, 0.29) is 0 Å². The molecule has 0 saturated carbocycles. The first-order valence-electron chi connectivity index (χ1n) is 20.4. The second kappa shape index (κ2) is 12.4. The van der Waals surface area contributed by atoms with E-state index in [2.05, 4.69) is 213 Å². The molecule has 1 heterocycles. The zero-order valence-electron chi connectivity index (χ0n) is 32.4. The van der Waals surface area contributed by atoms with Crippen molar-refractivity contribution in [3.8, 4) is 33.4 Å². The molecule has 0 atom stereocenters. The first-order valence-corrected chi connectivity index (χ1v) is 20.4. The van der Waals surface area contributed by atoms with E-state index in [9.17, 15) is 0 Å². The Bertz CT molecular complexity index is 3230. The molecule has 2 aliphatic carbocycles. The fourth-order valence-electron chi connectivity index (χ4n) is 10.4. The summed E-state index contributed by atoms with van der Waals surface area (Å²) in [5, 5.41) is 4.58. The molecule has 1 aromatic heterocycles. The van der Waals surface area contributed by atoms with Crippen LogP contribution in [0.15, 0.2) is 199 Å². The third-order valence-corrected chi connectivity index (χ3v) is 12.8. The lowest BCUT2D eigenvalue weighted by molar-refractivity contribution is 0.672. The van der Waals surface area contributed by atoms with Gasteiger partial charge >= 0.3 is 0 Å². The highest BCUT2D eigenvalue weighted by Crippen LogP contribution is 2.63. The molecule has 0 unspecified atom stereocenters. The van der Waals surface area contributed by atoms with E-state index in [1.807, 2.05) is 0 Å². The third kappa shape index (κ3) is 4.49. The van der Waals surface area contributed by atoms with Crippen LogP contribution in [-0.4, -0.2) is 0 Å². The summed E-state index contributed by atoms with van der Waals surface area (Å²) in [4.78, 5) is 2.48. The Kier molecular flexibility index (Phi) is 7.07. The summed E-state index contributed by atoms with van der Waals surface area (Å²) in [6, 6.07) is 71.7. The van der Waals surface area contributed by atoms with Crippen molar-refractivity contribution in [2.24, 2.45) is 0 Å². The third-order valence-electron chi connectivity index (χ3n) is 12.8. The monoisotopic (exact) mass is 741 g/mol. The molecule has 0 fully saturated rings. The predicted octanol–water partition coefficient (Wildman–Crippen LogP) is 15.3. The standard InChI is InChI=1S/C56H39NO/c1-35(2)40-25-15-29-53-54(40)47-34-52(44-23-6-7-24-45(44)55(47)58-53)57(38-19-14-18-37(32-38)36-16-4-3-5-17-36)39-30-31-51-46(33-39)43-22-10-13-28-50(43)56(51)48-26-11-8-20-41(48)42-21-9-12-27-49(42)56/h3-35H,1-2H3. The average Bonchev–Trinajstić information content (AvgIpc) is 3.91. The van der Waals surface area contributed by atoms with E-state index >= 15 is 0 Å². The van der Waals surface area contributed by atoms with Gasteiger partial charge in [-0.05, 0) is 104 Å². The fourth-order valence-corrected chi connectivity index (χ4v) is 10.4. The van der Waals surface area contributed by atoms with Crippen molar-refractivity contribution < 1.29 is 4.42 Å². The normalized spacial score (nSPS) is 13.3. The summed E-state index contributed by atoms with van der Waals surface area (Å²) >= 11 is 0. The van der Waals surface area contributed by atoms with E-state index in [0.29, 0.717) is 5.92 Å². The number of nitrogens with zero attached hydrogens (tertiary/aromatic N) is 1. The summed E-state index contributed by atoms with van der Waals surface area (Å²) in [6.45, 7) is 4.54. The minimum Gasteiger partial charge on any atom is -0.455 e. The maximum Gasteiger partial charge on any atom is 0.143 e. The van der Waals surface area contributed by atoms with Crippen molar-refractivity contribution in [2.75, 3.05) is 4.90 Å². The van der Waals surface area contributed by atoms with Crippen LogP contribution in [0, 0.1) is 0 Å². The van der Waals surface area contributed by atoms with Crippen LogP contribution in [0.25, 0.3) is 66.1 Å². The summed E-state index contributed by atoms with van der Waals surface area (Å²) in [6.07, 6.45) is 0. The van der Waals surface area contributed by atoms with Gasteiger partial charge in [0, 0.05) is 32.9 Å². The first kappa shape index (κ1) is 33.0. The topological polar surface area (TPSA) is 16.4 Å². The lowest BCUT2D eigenvalue weighted by atomic mass is 9.70. The van der Waals surface area contributed by atoms with Gasteiger partial charge in [0.05, 0.1) is 11.1 Å². The molecule has 2 nitrogen and oxygen atoms in total. The SMILES string of the molecule is CC(C)c1cccc2oc3c4ccccc4c(N(c4cccc(-c5ccccc5)c4)c4ccc5c(c4)-c4ccccc4C54c5ccccc5-c5ccccc54)cc3c12. The Morgan fingerprint density at radius 1 is 0.431 bits per heavy atom. The van der Waals surface area contributed by atoms with Crippen LogP contribution in [0.4, 0.5) is 17.1 Å². The van der Waals surface area contributed by atoms with Gasteiger partial charge in [-0.3, -0.25) is 0 Å². The van der Waals surface area contributed by atoms with Gasteiger partial charge in [-0.25, -0.2) is 0 Å². The molecule has 0 saturated heterocycles. The number of fused-ring (bicyclic) bond motifs is 15. The number of hydrogen-bond acceptors (Lipinski definition) is 2. The Labute approximate surface area is 338 Å². The zero-order valence-corrected chi connectivity index (χ0v) is 32.4. The molecule has 0 amide bonds. The average molecular weight is 742 g/mol. The van der Waals surface area contributed by atoms with E-state index in [4.69, 9.17) is 4.42 Å². The maximum atomic E-state index is 6.77. The summed E-state index contributed by atoms with van der Waals surface area (Å²) < 4.78 is 6.77. The number of anilines is 3. The van der Waals surface area contributed by atoms with E-state index < -0.39 is 5.41 Å². The van der Waals surface area contributed by atoms with Gasteiger partial charge in [0.2, 0.25) is 0 Å². The van der Waals surface area contributed by atoms with Crippen LogP contribution in [-0.2, 0) is 5.41 Å². The molecule has 58 heavy (non-hydrogen) atoms. The first-order chi connectivity index (χ1) is 28.6. The molecular formula is C56H39NO. The van der Waals surface area contributed by atoms with Crippen LogP contribution in [0.3, 0.4) is 0 Å². The highest BCUT2D eigenvalue weighted by molar-refractivity contribution is 6.20. The number of rotatable bonds is 5. The molecule has 10 aromatic rings. The van der Waals surface area contributed by atoms with Gasteiger partial charge in [-0.15, -0.1) is 0 Å². The van der Waals surface area contributed by atoms with Gasteiger partial charge in [0.15, 0.2) is 0 Å². The molecule has 2 aliphatic rings. The predicted molar refractivity (Wildman–Crippen MR) is 242 cm³/mol. The molecule has 9 aromatic carbocycles.